The van der Waals surface area contributed by atoms with Gasteiger partial charge in [-0.25, -0.2) is 14.6 Å². The van der Waals surface area contributed by atoms with E-state index >= 15 is 0 Å². The van der Waals surface area contributed by atoms with Gasteiger partial charge in [0.2, 0.25) is 0 Å². The number of carbonyl (C=O) groups is 4. The molecule has 1 amide bonds. The molecule has 8 nitrogen and oxygen atoms in total. The van der Waals surface area contributed by atoms with E-state index in [9.17, 15) is 19.2 Å². The number of ketones is 1. The minimum atomic E-state index is -1.52. The lowest BCUT2D eigenvalue weighted by Crippen LogP contribution is -2.48. The van der Waals surface area contributed by atoms with Crippen LogP contribution < -0.4 is 4.90 Å². The summed E-state index contributed by atoms with van der Waals surface area (Å²) in [6.07, 6.45) is 4.90. The number of nitrogens with zero attached hydrogens (tertiary/aromatic N) is 2. The highest BCUT2D eigenvalue weighted by molar-refractivity contribution is 6.53. The number of hydrogen-bond donors (Lipinski definition) is 0. The van der Waals surface area contributed by atoms with Gasteiger partial charge in [0.1, 0.15) is 5.57 Å². The van der Waals surface area contributed by atoms with Crippen LogP contribution in [0.3, 0.4) is 0 Å². The average Bonchev–Trinajstić information content (AvgIpc) is 3.02. The fraction of sp³-hybridized carbons (Fsp3) is 0.478. The molecule has 31 heavy (non-hydrogen) atoms. The van der Waals surface area contributed by atoms with Crippen LogP contribution in [-0.2, 0) is 23.9 Å². The molecule has 1 atom stereocenters. The van der Waals surface area contributed by atoms with E-state index in [1.165, 1.54) is 6.07 Å². The second-order valence-electron chi connectivity index (χ2n) is 7.34. The predicted molar refractivity (Wildman–Crippen MR) is 113 cm³/mol. The van der Waals surface area contributed by atoms with Gasteiger partial charge in [-0.15, -0.1) is 0 Å². The van der Waals surface area contributed by atoms with Gasteiger partial charge < -0.3 is 9.47 Å². The van der Waals surface area contributed by atoms with Gasteiger partial charge in [0.15, 0.2) is 6.04 Å². The molecule has 1 aromatic carbocycles. The molecular weight excluding hydrogens is 400 g/mol. The van der Waals surface area contributed by atoms with Crippen molar-refractivity contribution in [3.63, 3.8) is 0 Å². The molecule has 1 saturated carbocycles. The smallest absolute Gasteiger partial charge is 0.346 e. The Balaban J connectivity index is 2.12. The third kappa shape index (κ3) is 4.75. The molecule has 0 bridgehead atoms. The first-order valence-electron chi connectivity index (χ1n) is 10.6. The van der Waals surface area contributed by atoms with Gasteiger partial charge >= 0.3 is 17.8 Å². The molecule has 1 aliphatic carbocycles. The number of hydrogen-bond acceptors (Lipinski definition) is 7. The topological polar surface area (TPSA) is 102 Å². The molecule has 164 valence electrons. The second-order valence-corrected chi connectivity index (χ2v) is 7.34. The number of ether oxygens (including phenoxy) is 2. The standard InChI is InChI=1S/C23H26N2O6/c1-3-30-22(28)17(14-24-15-10-6-5-7-11-15)19(23(29)31-4-2)25-18-13-9-8-12-16(18)20(26)21(25)27/h8-9,12-13,15,19H,3-7,10-11H2,1-2H3. The van der Waals surface area contributed by atoms with E-state index in [0.717, 1.165) is 37.0 Å². The maximum Gasteiger partial charge on any atom is 0.346 e. The summed E-state index contributed by atoms with van der Waals surface area (Å²) in [5.41, 5.74) is 0.148. The molecule has 0 aromatic heterocycles. The zero-order valence-corrected chi connectivity index (χ0v) is 17.8. The van der Waals surface area contributed by atoms with E-state index in [4.69, 9.17) is 9.47 Å². The molecule has 1 fully saturated rings. The molecule has 1 aliphatic heterocycles. The molecule has 1 aromatic rings. The van der Waals surface area contributed by atoms with Gasteiger partial charge in [-0.3, -0.25) is 14.5 Å². The number of anilines is 1. The van der Waals surface area contributed by atoms with Crippen LogP contribution in [0, 0.1) is 0 Å². The zero-order chi connectivity index (χ0) is 22.4. The number of fused-ring (bicyclic) bond motifs is 1. The molecule has 8 heteroatoms. The first-order chi connectivity index (χ1) is 15.0. The number of esters is 2. The van der Waals surface area contributed by atoms with Crippen molar-refractivity contribution in [1.29, 1.82) is 0 Å². The summed E-state index contributed by atoms with van der Waals surface area (Å²) >= 11 is 0. The number of carbonyl (C=O) groups excluding carboxylic acids is 4. The Labute approximate surface area is 180 Å². The Kier molecular flexibility index (Phi) is 7.36. The number of para-hydroxylation sites is 1. The van der Waals surface area contributed by atoms with E-state index in [1.807, 2.05) is 0 Å². The van der Waals surface area contributed by atoms with Crippen molar-refractivity contribution in [3.05, 3.63) is 35.4 Å². The summed E-state index contributed by atoms with van der Waals surface area (Å²) < 4.78 is 10.3. The first-order valence-corrected chi connectivity index (χ1v) is 10.6. The highest BCUT2D eigenvalue weighted by atomic mass is 16.5. The largest absolute Gasteiger partial charge is 0.464 e. The molecule has 0 radical (unpaired) electrons. The molecule has 0 N–H and O–H groups in total. The van der Waals surface area contributed by atoms with Crippen molar-refractivity contribution in [3.8, 4) is 0 Å². The van der Waals surface area contributed by atoms with Crippen LogP contribution in [0.25, 0.3) is 0 Å². The average molecular weight is 426 g/mol. The summed E-state index contributed by atoms with van der Waals surface area (Å²) in [4.78, 5) is 56.5. The number of rotatable bonds is 7. The number of amides is 1. The Morgan fingerprint density at radius 3 is 2.45 bits per heavy atom. The van der Waals surface area contributed by atoms with Crippen molar-refractivity contribution in [2.24, 2.45) is 4.99 Å². The summed E-state index contributed by atoms with van der Waals surface area (Å²) in [5.74, 6) is -0.632. The summed E-state index contributed by atoms with van der Waals surface area (Å²) in [6.45, 7) is 3.34. The van der Waals surface area contributed by atoms with Crippen molar-refractivity contribution in [2.45, 2.75) is 58.0 Å². The van der Waals surface area contributed by atoms with E-state index in [0.29, 0.717) is 0 Å². The molecule has 0 spiro atoms. The fourth-order valence-corrected chi connectivity index (χ4v) is 3.84. The SMILES string of the molecule is CCOC(=O)C(=C=NC1CCCCC1)C(C(=O)OCC)N1C(=O)C(=O)c2ccccc21. The molecule has 2 aliphatic rings. The second kappa shape index (κ2) is 10.2. The van der Waals surface area contributed by atoms with Gasteiger partial charge in [-0.2, -0.15) is 0 Å². The van der Waals surface area contributed by atoms with Gasteiger partial charge in [-0.05, 0) is 44.7 Å². The van der Waals surface area contributed by atoms with Crippen molar-refractivity contribution in [2.75, 3.05) is 18.1 Å². The predicted octanol–water partition coefficient (Wildman–Crippen LogP) is 2.64. The van der Waals surface area contributed by atoms with E-state index in [-0.39, 0.29) is 36.1 Å². The van der Waals surface area contributed by atoms with Crippen molar-refractivity contribution < 1.29 is 28.7 Å². The third-order valence-electron chi connectivity index (χ3n) is 5.30. The maximum atomic E-state index is 13.0. The number of benzene rings is 1. The molecule has 0 saturated heterocycles. The Hall–Kier alpha value is -3.25. The lowest BCUT2D eigenvalue weighted by molar-refractivity contribution is -0.147. The zero-order valence-electron chi connectivity index (χ0n) is 17.8. The van der Waals surface area contributed by atoms with Crippen LogP contribution in [0.4, 0.5) is 5.69 Å². The van der Waals surface area contributed by atoms with Crippen LogP contribution in [-0.4, -0.2) is 54.8 Å². The Morgan fingerprint density at radius 2 is 1.77 bits per heavy atom. The van der Waals surface area contributed by atoms with Gasteiger partial charge in [0.25, 0.3) is 5.78 Å². The van der Waals surface area contributed by atoms with Crippen LogP contribution >= 0.6 is 0 Å². The quantitative estimate of drug-likeness (QED) is 0.287. The van der Waals surface area contributed by atoms with Gasteiger partial charge in [0.05, 0.1) is 30.5 Å². The van der Waals surface area contributed by atoms with Crippen molar-refractivity contribution >= 4 is 35.2 Å². The normalized spacial score (nSPS) is 16.9. The first kappa shape index (κ1) is 22.4. The number of aliphatic imine (C=N–C) groups is 1. The summed E-state index contributed by atoms with van der Waals surface area (Å²) in [6, 6.07) is 4.77. The van der Waals surface area contributed by atoms with Crippen LogP contribution in [0.15, 0.2) is 34.8 Å². The lowest BCUT2D eigenvalue weighted by atomic mass is 9.96. The third-order valence-corrected chi connectivity index (χ3v) is 5.30. The number of Topliss-reactive ketones (excluding diaryl/α,β-unsaturated/α-hetero) is 1. The summed E-state index contributed by atoms with van der Waals surface area (Å²) in [7, 11) is 0. The highest BCUT2D eigenvalue weighted by Gasteiger charge is 2.46. The molecule has 3 rings (SSSR count). The molecule has 1 unspecified atom stereocenters. The minimum Gasteiger partial charge on any atom is -0.464 e. The van der Waals surface area contributed by atoms with Crippen LogP contribution in [0.1, 0.15) is 56.3 Å². The lowest BCUT2D eigenvalue weighted by Gasteiger charge is -2.26. The monoisotopic (exact) mass is 426 g/mol. The molecule has 1 heterocycles. The minimum absolute atomic E-state index is 0.0239. The van der Waals surface area contributed by atoms with Gasteiger partial charge in [0, 0.05) is 0 Å². The maximum absolute atomic E-state index is 13.0. The molecular formula is C23H26N2O6. The summed E-state index contributed by atoms with van der Waals surface area (Å²) in [5, 5.41) is 0. The Bertz CT molecular complexity index is 941. The van der Waals surface area contributed by atoms with E-state index < -0.39 is 29.7 Å². The van der Waals surface area contributed by atoms with Crippen LogP contribution in [0.2, 0.25) is 0 Å². The van der Waals surface area contributed by atoms with E-state index in [1.54, 1.807) is 32.0 Å². The fourth-order valence-electron chi connectivity index (χ4n) is 3.84. The van der Waals surface area contributed by atoms with Gasteiger partial charge in [-0.1, -0.05) is 31.4 Å². The van der Waals surface area contributed by atoms with E-state index in [2.05, 4.69) is 10.9 Å². The Morgan fingerprint density at radius 1 is 1.10 bits per heavy atom. The highest BCUT2D eigenvalue weighted by Crippen LogP contribution is 2.33. The van der Waals surface area contributed by atoms with Crippen LogP contribution in [0.5, 0.6) is 0 Å². The van der Waals surface area contributed by atoms with Crippen molar-refractivity contribution in [1.82, 2.24) is 0 Å².